The van der Waals surface area contributed by atoms with Crippen molar-refractivity contribution < 1.29 is 19.0 Å². The molecule has 5 nitrogen and oxygen atoms in total. The lowest BCUT2D eigenvalue weighted by molar-refractivity contribution is -0.0979. The van der Waals surface area contributed by atoms with Crippen LogP contribution in [0.4, 0.5) is 4.79 Å². The lowest BCUT2D eigenvalue weighted by Crippen LogP contribution is -2.34. The number of carbonyl (C=O) groups excluding carboxylic acids is 1. The molecule has 0 saturated carbocycles. The molecule has 0 atom stereocenters. The normalized spacial score (nSPS) is 10.0. The van der Waals surface area contributed by atoms with Crippen LogP contribution in [0.3, 0.4) is 0 Å². The summed E-state index contributed by atoms with van der Waals surface area (Å²) in [5.74, 6) is 0. The van der Waals surface area contributed by atoms with Gasteiger partial charge in [-0.1, -0.05) is 0 Å². The topological polar surface area (TPSA) is 56.8 Å². The Morgan fingerprint density at radius 3 is 2.42 bits per heavy atom. The minimum absolute atomic E-state index is 0.284. The number of carbonyl (C=O) groups is 1. The molecule has 0 aromatic rings. The van der Waals surface area contributed by atoms with Crippen molar-refractivity contribution in [3.63, 3.8) is 0 Å². The van der Waals surface area contributed by atoms with Crippen LogP contribution in [0.2, 0.25) is 0 Å². The first-order valence-corrected chi connectivity index (χ1v) is 3.70. The summed E-state index contributed by atoms with van der Waals surface area (Å²) in [5, 5.41) is 2.47. The Hall–Kier alpha value is -0.810. The minimum Gasteiger partial charge on any atom is -0.450 e. The molecule has 0 bridgehead atoms. The number of ether oxygens (including phenoxy) is 3. The van der Waals surface area contributed by atoms with Gasteiger partial charge in [-0.05, 0) is 6.92 Å². The number of rotatable bonds is 5. The van der Waals surface area contributed by atoms with Gasteiger partial charge >= 0.3 is 6.09 Å². The molecular weight excluding hydrogens is 162 g/mol. The summed E-state index contributed by atoms with van der Waals surface area (Å²) in [6, 6.07) is 0. The molecule has 1 N–H and O–H groups in total. The molecule has 12 heavy (non-hydrogen) atoms. The molecule has 0 spiro atoms. The highest BCUT2D eigenvalue weighted by Gasteiger charge is 2.07. The van der Waals surface area contributed by atoms with Crippen molar-refractivity contribution in [2.24, 2.45) is 0 Å². The van der Waals surface area contributed by atoms with Gasteiger partial charge in [0.25, 0.3) is 0 Å². The Bertz CT molecular complexity index is 125. The molecule has 0 rings (SSSR count). The Morgan fingerprint density at radius 1 is 1.42 bits per heavy atom. The van der Waals surface area contributed by atoms with E-state index in [0.717, 1.165) is 0 Å². The van der Waals surface area contributed by atoms with Gasteiger partial charge in [0.2, 0.25) is 0 Å². The fraction of sp³-hybridized carbons (Fsp3) is 0.857. The number of hydrogen-bond donors (Lipinski definition) is 1. The lowest BCUT2D eigenvalue weighted by Gasteiger charge is -2.13. The van der Waals surface area contributed by atoms with E-state index < -0.39 is 12.4 Å². The van der Waals surface area contributed by atoms with Gasteiger partial charge in [-0.15, -0.1) is 0 Å². The highest BCUT2D eigenvalue weighted by Crippen LogP contribution is 1.87. The van der Waals surface area contributed by atoms with Crippen molar-refractivity contribution in [2.75, 3.05) is 27.4 Å². The molecule has 0 aliphatic rings. The summed E-state index contributed by atoms with van der Waals surface area (Å²) in [7, 11) is 3.00. The maximum Gasteiger partial charge on any atom is 0.407 e. The average Bonchev–Trinajstić information content (AvgIpc) is 2.07. The maximum absolute atomic E-state index is 10.7. The highest BCUT2D eigenvalue weighted by molar-refractivity contribution is 5.66. The maximum atomic E-state index is 10.7. The molecule has 0 aromatic heterocycles. The van der Waals surface area contributed by atoms with Gasteiger partial charge in [-0.3, -0.25) is 0 Å². The summed E-state index contributed by atoms with van der Waals surface area (Å²) in [6.07, 6.45) is -0.883. The highest BCUT2D eigenvalue weighted by atomic mass is 16.7. The van der Waals surface area contributed by atoms with Gasteiger partial charge < -0.3 is 19.5 Å². The van der Waals surface area contributed by atoms with Gasteiger partial charge in [-0.2, -0.15) is 0 Å². The summed E-state index contributed by atoms with van der Waals surface area (Å²) in [6.45, 7) is 2.38. The predicted octanol–water partition coefficient (Wildman–Crippen LogP) is 0.351. The van der Waals surface area contributed by atoms with Crippen LogP contribution in [0.25, 0.3) is 0 Å². The standard InChI is InChI=1S/C7H15NO4/c1-4-12-7(9)8-5-6(10-2)11-3/h6H,4-5H2,1-3H3,(H,8,9). The number of amides is 1. The Balaban J connectivity index is 3.44. The lowest BCUT2D eigenvalue weighted by atomic mass is 10.6. The van der Waals surface area contributed by atoms with Crippen LogP contribution in [0.15, 0.2) is 0 Å². The van der Waals surface area contributed by atoms with E-state index in [4.69, 9.17) is 9.47 Å². The van der Waals surface area contributed by atoms with Crippen molar-refractivity contribution in [3.8, 4) is 0 Å². The zero-order valence-corrected chi connectivity index (χ0v) is 7.62. The van der Waals surface area contributed by atoms with E-state index in [1.165, 1.54) is 14.2 Å². The van der Waals surface area contributed by atoms with Gasteiger partial charge in [0, 0.05) is 14.2 Å². The zero-order chi connectivity index (χ0) is 9.40. The fourth-order valence-corrected chi connectivity index (χ4v) is 0.612. The van der Waals surface area contributed by atoms with E-state index >= 15 is 0 Å². The van der Waals surface area contributed by atoms with Crippen molar-refractivity contribution >= 4 is 6.09 Å². The van der Waals surface area contributed by atoms with Gasteiger partial charge in [0.05, 0.1) is 13.2 Å². The predicted molar refractivity (Wildman–Crippen MR) is 42.8 cm³/mol. The molecule has 0 aromatic carbocycles. The van der Waals surface area contributed by atoms with Crippen LogP contribution in [-0.4, -0.2) is 39.8 Å². The second kappa shape index (κ2) is 6.87. The number of alkyl carbamates (subject to hydrolysis) is 1. The SMILES string of the molecule is CCOC(=O)NCC(OC)OC. The van der Waals surface area contributed by atoms with Crippen LogP contribution >= 0.6 is 0 Å². The first-order chi connectivity index (χ1) is 5.74. The molecule has 0 aliphatic carbocycles. The van der Waals surface area contributed by atoms with Gasteiger partial charge in [0.1, 0.15) is 0 Å². The monoisotopic (exact) mass is 177 g/mol. The largest absolute Gasteiger partial charge is 0.450 e. The molecule has 5 heteroatoms. The summed E-state index contributed by atoms with van der Waals surface area (Å²) in [4.78, 5) is 10.7. The average molecular weight is 177 g/mol. The van der Waals surface area contributed by atoms with Crippen LogP contribution in [0.5, 0.6) is 0 Å². The zero-order valence-electron chi connectivity index (χ0n) is 7.62. The van der Waals surface area contributed by atoms with E-state index in [0.29, 0.717) is 6.61 Å². The van der Waals surface area contributed by atoms with Gasteiger partial charge in [0.15, 0.2) is 6.29 Å². The number of hydrogen-bond acceptors (Lipinski definition) is 4. The van der Waals surface area contributed by atoms with Crippen molar-refractivity contribution in [3.05, 3.63) is 0 Å². The first-order valence-electron chi connectivity index (χ1n) is 3.70. The molecule has 0 aliphatic heterocycles. The van der Waals surface area contributed by atoms with E-state index in [9.17, 15) is 4.79 Å². The smallest absolute Gasteiger partial charge is 0.407 e. The second-order valence-corrected chi connectivity index (χ2v) is 2.00. The van der Waals surface area contributed by atoms with E-state index in [1.807, 2.05) is 0 Å². The Kier molecular flexibility index (Phi) is 6.41. The van der Waals surface area contributed by atoms with Crippen molar-refractivity contribution in [1.82, 2.24) is 5.32 Å². The van der Waals surface area contributed by atoms with Crippen molar-refractivity contribution in [2.45, 2.75) is 13.2 Å². The summed E-state index contributed by atoms with van der Waals surface area (Å²) < 4.78 is 14.3. The Labute approximate surface area is 72.0 Å². The molecule has 0 unspecified atom stereocenters. The first kappa shape index (κ1) is 11.2. The number of nitrogens with one attached hydrogen (secondary N) is 1. The molecule has 0 fully saturated rings. The fourth-order valence-electron chi connectivity index (χ4n) is 0.612. The third-order valence-electron chi connectivity index (χ3n) is 1.21. The Morgan fingerprint density at radius 2 is 2.00 bits per heavy atom. The molecule has 0 radical (unpaired) electrons. The van der Waals surface area contributed by atoms with Crippen LogP contribution in [0.1, 0.15) is 6.92 Å². The van der Waals surface area contributed by atoms with Crippen LogP contribution in [-0.2, 0) is 14.2 Å². The minimum atomic E-state index is -0.461. The van der Waals surface area contributed by atoms with Gasteiger partial charge in [-0.25, -0.2) is 4.79 Å². The van der Waals surface area contributed by atoms with E-state index in [1.54, 1.807) is 6.92 Å². The summed E-state index contributed by atoms with van der Waals surface area (Å²) in [5.41, 5.74) is 0. The summed E-state index contributed by atoms with van der Waals surface area (Å²) >= 11 is 0. The van der Waals surface area contributed by atoms with E-state index in [-0.39, 0.29) is 6.54 Å². The molecule has 1 amide bonds. The quantitative estimate of drug-likeness (QED) is 0.616. The van der Waals surface area contributed by atoms with Crippen molar-refractivity contribution in [1.29, 1.82) is 0 Å². The van der Waals surface area contributed by atoms with Crippen LogP contribution < -0.4 is 5.32 Å². The molecule has 0 heterocycles. The molecular formula is C7H15NO4. The third-order valence-corrected chi connectivity index (χ3v) is 1.21. The van der Waals surface area contributed by atoms with E-state index in [2.05, 4.69) is 10.1 Å². The molecule has 0 saturated heterocycles. The second-order valence-electron chi connectivity index (χ2n) is 2.00. The van der Waals surface area contributed by atoms with Crippen LogP contribution in [0, 0.1) is 0 Å². The molecule has 72 valence electrons. The third kappa shape index (κ3) is 4.92. The number of methoxy groups -OCH3 is 2.